The van der Waals surface area contributed by atoms with Crippen molar-refractivity contribution in [3.05, 3.63) is 40.9 Å². The molecule has 1 aliphatic heterocycles. The van der Waals surface area contributed by atoms with Crippen LogP contribution in [0.1, 0.15) is 34.6 Å². The van der Waals surface area contributed by atoms with Crippen molar-refractivity contribution in [2.24, 2.45) is 5.92 Å². The van der Waals surface area contributed by atoms with Gasteiger partial charge in [-0.1, -0.05) is 0 Å². The Labute approximate surface area is 117 Å². The Morgan fingerprint density at radius 1 is 1.06 bits per heavy atom. The van der Waals surface area contributed by atoms with E-state index in [1.54, 1.807) is 0 Å². The molecule has 0 fully saturated rings. The first-order chi connectivity index (χ1) is 8.33. The van der Waals surface area contributed by atoms with E-state index in [1.165, 1.54) is 8.93 Å². The van der Waals surface area contributed by atoms with Crippen LogP contribution in [0.3, 0.4) is 0 Å². The van der Waals surface area contributed by atoms with Crippen molar-refractivity contribution in [3.63, 3.8) is 0 Å². The minimum absolute atomic E-state index is 0.116. The predicted octanol–water partition coefficient (Wildman–Crippen LogP) is 3.12. The molecule has 98 valence electrons. The summed E-state index contributed by atoms with van der Waals surface area (Å²) in [5, 5.41) is 0. The van der Waals surface area contributed by atoms with Crippen molar-refractivity contribution < 1.29 is 4.74 Å². The second-order valence-corrected chi connectivity index (χ2v) is 8.21. The second kappa shape index (κ2) is 4.85. The van der Waals surface area contributed by atoms with Gasteiger partial charge in [0.05, 0.1) is 0 Å². The molecule has 1 heterocycles. The molecule has 0 radical (unpaired) electrons. The maximum absolute atomic E-state index is 6.31. The first-order valence-corrected chi connectivity index (χ1v) is 8.21. The molecule has 2 heteroatoms. The van der Waals surface area contributed by atoms with Gasteiger partial charge in [0.1, 0.15) is 0 Å². The van der Waals surface area contributed by atoms with Crippen LogP contribution in [0.2, 0.25) is 0 Å². The summed E-state index contributed by atoms with van der Waals surface area (Å²) in [7, 11) is 0. The summed E-state index contributed by atoms with van der Waals surface area (Å²) in [5.74, 6) is 0.501. The molecule has 0 saturated heterocycles. The van der Waals surface area contributed by atoms with Gasteiger partial charge in [0.2, 0.25) is 0 Å². The van der Waals surface area contributed by atoms with Crippen molar-refractivity contribution in [2.45, 2.75) is 45.8 Å². The molecule has 2 rings (SSSR count). The molecule has 1 aliphatic rings. The number of benzene rings is 1. The molecule has 0 amide bonds. The van der Waals surface area contributed by atoms with Gasteiger partial charge < -0.3 is 0 Å². The molecule has 1 nitrogen and oxygen atoms in total. The minimum atomic E-state index is -0.130. The average molecular weight is 309 g/mol. The maximum atomic E-state index is 6.31. The Morgan fingerprint density at radius 3 is 2.17 bits per heavy atom. The fraction of sp³-hybridized carbons (Fsp3) is 0.500. The van der Waals surface area contributed by atoms with E-state index < -0.39 is 0 Å². The van der Waals surface area contributed by atoms with Gasteiger partial charge in [0.15, 0.2) is 0 Å². The zero-order valence-electron chi connectivity index (χ0n) is 11.9. The fourth-order valence-electron chi connectivity index (χ4n) is 2.12. The van der Waals surface area contributed by atoms with Gasteiger partial charge >= 0.3 is 117 Å². The molecule has 1 aromatic rings. The third kappa shape index (κ3) is 2.71. The average Bonchev–Trinajstić information content (AvgIpc) is 2.51. The van der Waals surface area contributed by atoms with Crippen LogP contribution in [0, 0.1) is 5.92 Å². The Bertz CT molecular complexity index is 447. The number of ether oxygens (including phenoxy) is 1. The van der Waals surface area contributed by atoms with Crippen LogP contribution in [-0.2, 0) is 4.74 Å². The van der Waals surface area contributed by atoms with Gasteiger partial charge in [-0.05, 0) is 0 Å². The van der Waals surface area contributed by atoms with E-state index in [2.05, 4.69) is 71.0 Å². The summed E-state index contributed by atoms with van der Waals surface area (Å²) in [6.45, 7) is 11.0. The molecule has 0 saturated carbocycles. The fourth-order valence-corrected chi connectivity index (χ4v) is 4.48. The molecule has 0 aromatic heterocycles. The molecule has 0 N–H and O–H groups in total. The summed E-state index contributed by atoms with van der Waals surface area (Å²) < 4.78 is 9.18. The first kappa shape index (κ1) is 13.9. The standard InChI is InChI=1S/C16H22OSe/c1-12(2)16(5)11-14(15(3,4)17-16)18-13-9-7-6-8-10-13/h6-12H,1-5H3. The molecule has 0 bridgehead atoms. The van der Waals surface area contributed by atoms with Gasteiger partial charge in [-0.15, -0.1) is 0 Å². The first-order valence-electron chi connectivity index (χ1n) is 6.50. The third-order valence-electron chi connectivity index (χ3n) is 3.60. The topological polar surface area (TPSA) is 9.23 Å². The van der Waals surface area contributed by atoms with Gasteiger partial charge in [-0.2, -0.15) is 0 Å². The van der Waals surface area contributed by atoms with Crippen molar-refractivity contribution in [1.29, 1.82) is 0 Å². The third-order valence-corrected chi connectivity index (χ3v) is 6.41. The van der Waals surface area contributed by atoms with E-state index in [1.807, 2.05) is 0 Å². The van der Waals surface area contributed by atoms with Gasteiger partial charge in [-0.3, -0.25) is 0 Å². The van der Waals surface area contributed by atoms with Crippen LogP contribution in [0.4, 0.5) is 0 Å². The van der Waals surface area contributed by atoms with E-state index in [0.29, 0.717) is 20.9 Å². The van der Waals surface area contributed by atoms with Crippen LogP contribution in [0.15, 0.2) is 40.9 Å². The van der Waals surface area contributed by atoms with E-state index in [-0.39, 0.29) is 11.2 Å². The molecule has 1 aromatic carbocycles. The predicted molar refractivity (Wildman–Crippen MR) is 78.3 cm³/mol. The van der Waals surface area contributed by atoms with Crippen molar-refractivity contribution >= 4 is 19.4 Å². The van der Waals surface area contributed by atoms with Gasteiger partial charge in [-0.25, -0.2) is 0 Å². The SMILES string of the molecule is CC(C)C1(C)C=C([Se]c2ccccc2)C(C)(C)O1. The summed E-state index contributed by atoms with van der Waals surface area (Å²) in [5.41, 5.74) is -0.246. The molecule has 0 aliphatic carbocycles. The number of hydrogen-bond donors (Lipinski definition) is 0. The van der Waals surface area contributed by atoms with Gasteiger partial charge in [0.25, 0.3) is 0 Å². The van der Waals surface area contributed by atoms with Crippen LogP contribution >= 0.6 is 0 Å². The summed E-state index contributed by atoms with van der Waals surface area (Å²) >= 11 is 0.359. The Balaban J connectivity index is 2.26. The normalized spacial score (nSPS) is 26.4. The van der Waals surface area contributed by atoms with E-state index in [0.717, 1.165) is 0 Å². The zero-order chi connectivity index (χ0) is 13.4. The van der Waals surface area contributed by atoms with E-state index in [4.69, 9.17) is 4.74 Å². The quantitative estimate of drug-likeness (QED) is 0.780. The zero-order valence-corrected chi connectivity index (χ0v) is 13.6. The summed E-state index contributed by atoms with van der Waals surface area (Å²) in [6, 6.07) is 10.7. The van der Waals surface area contributed by atoms with Crippen LogP contribution in [0.25, 0.3) is 0 Å². The van der Waals surface area contributed by atoms with Gasteiger partial charge in [0, 0.05) is 0 Å². The Morgan fingerprint density at radius 2 is 1.67 bits per heavy atom. The molecule has 1 unspecified atom stereocenters. The van der Waals surface area contributed by atoms with Crippen molar-refractivity contribution in [1.82, 2.24) is 0 Å². The van der Waals surface area contributed by atoms with Crippen LogP contribution in [0.5, 0.6) is 0 Å². The van der Waals surface area contributed by atoms with E-state index in [9.17, 15) is 0 Å². The molecular formula is C16H22OSe. The number of rotatable bonds is 3. The molecule has 1 atom stereocenters. The summed E-state index contributed by atoms with van der Waals surface area (Å²) in [6.07, 6.45) is 2.37. The van der Waals surface area contributed by atoms with Crippen LogP contribution < -0.4 is 4.46 Å². The van der Waals surface area contributed by atoms with Crippen molar-refractivity contribution in [2.75, 3.05) is 0 Å². The van der Waals surface area contributed by atoms with Crippen LogP contribution in [-0.4, -0.2) is 26.2 Å². The number of hydrogen-bond acceptors (Lipinski definition) is 1. The molecule has 18 heavy (non-hydrogen) atoms. The van der Waals surface area contributed by atoms with E-state index >= 15 is 0 Å². The Hall–Kier alpha value is -0.561. The Kier molecular flexibility index (Phi) is 3.73. The molecule has 0 spiro atoms. The molecular weight excluding hydrogens is 287 g/mol. The second-order valence-electron chi connectivity index (χ2n) is 5.87. The monoisotopic (exact) mass is 310 g/mol. The van der Waals surface area contributed by atoms with Crippen molar-refractivity contribution in [3.8, 4) is 0 Å². The summed E-state index contributed by atoms with van der Waals surface area (Å²) in [4.78, 5) is 0.